The average Bonchev–Trinajstić information content (AvgIpc) is 3.05. The van der Waals surface area contributed by atoms with Gasteiger partial charge in [-0.1, -0.05) is 48.0 Å². The Balaban J connectivity index is 1.41. The molecular formula is C30H23ClF3N3O4. The second-order valence-electron chi connectivity index (χ2n) is 9.53. The van der Waals surface area contributed by atoms with Crippen molar-refractivity contribution in [3.63, 3.8) is 0 Å². The summed E-state index contributed by atoms with van der Waals surface area (Å²) in [7, 11) is 0. The molecule has 0 radical (unpaired) electrons. The van der Waals surface area contributed by atoms with Crippen LogP contribution in [0.15, 0.2) is 85.1 Å². The summed E-state index contributed by atoms with van der Waals surface area (Å²) in [5.41, 5.74) is -2.06. The van der Waals surface area contributed by atoms with Gasteiger partial charge in [-0.25, -0.2) is 18.2 Å². The topological polar surface area (TPSA) is 103 Å². The second kappa shape index (κ2) is 11.0. The lowest BCUT2D eigenvalue weighted by Crippen LogP contribution is -2.48. The van der Waals surface area contributed by atoms with Crippen molar-refractivity contribution < 1.29 is 33.0 Å². The van der Waals surface area contributed by atoms with Gasteiger partial charge >= 0.3 is 0 Å². The van der Waals surface area contributed by atoms with Gasteiger partial charge in [-0.3, -0.25) is 9.59 Å². The first-order valence-corrected chi connectivity index (χ1v) is 12.9. The van der Waals surface area contributed by atoms with Gasteiger partial charge in [0.25, 0.3) is 17.7 Å². The third-order valence-corrected chi connectivity index (χ3v) is 7.22. The van der Waals surface area contributed by atoms with E-state index in [9.17, 15) is 33.0 Å². The monoisotopic (exact) mass is 581 g/mol. The van der Waals surface area contributed by atoms with Crippen LogP contribution >= 0.6 is 11.6 Å². The van der Waals surface area contributed by atoms with Crippen molar-refractivity contribution >= 4 is 34.9 Å². The number of halogens is 4. The van der Waals surface area contributed by atoms with Crippen LogP contribution in [-0.2, 0) is 5.60 Å². The number of aliphatic hydroxyl groups excluding tert-OH is 1. The number of carbonyl (C=O) groups is 2. The van der Waals surface area contributed by atoms with Crippen LogP contribution in [0.25, 0.3) is 11.1 Å². The quantitative estimate of drug-likeness (QED) is 0.282. The molecule has 11 heteroatoms. The molecule has 7 nitrogen and oxygen atoms in total. The standard InChI is InChI=1S/C30H23ClF3N3O4/c31-20-7-10-25-24(14-20)29(41,17-38)30(33,34)12-13-37(25)28(40)19-6-11-26(35-16-19)36-27(39)23-15-21(32)8-9-22(23)18-4-2-1-3-5-18/h1-11,14-16,38,41H,12-13,17H2,(H,35,36,39)/t29-/m0/s1. The maximum Gasteiger partial charge on any atom is 0.284 e. The van der Waals surface area contributed by atoms with E-state index in [1.54, 1.807) is 24.3 Å². The number of benzene rings is 3. The number of rotatable bonds is 5. The largest absolute Gasteiger partial charge is 0.393 e. The molecule has 0 unspecified atom stereocenters. The van der Waals surface area contributed by atoms with Crippen molar-refractivity contribution in [2.45, 2.75) is 17.9 Å². The number of nitrogens with one attached hydrogen (secondary N) is 1. The number of fused-ring (bicyclic) bond motifs is 1. The second-order valence-corrected chi connectivity index (χ2v) is 9.97. The minimum absolute atomic E-state index is 0.0115. The molecule has 41 heavy (non-hydrogen) atoms. The fraction of sp³-hybridized carbons (Fsp3) is 0.167. The highest BCUT2D eigenvalue weighted by molar-refractivity contribution is 6.30. The Morgan fingerprint density at radius 3 is 2.46 bits per heavy atom. The third kappa shape index (κ3) is 5.29. The van der Waals surface area contributed by atoms with Gasteiger partial charge in [0, 0.05) is 29.7 Å². The molecule has 0 fully saturated rings. The highest BCUT2D eigenvalue weighted by atomic mass is 35.5. The maximum atomic E-state index is 15.0. The fourth-order valence-electron chi connectivity index (χ4n) is 4.77. The Morgan fingerprint density at radius 2 is 1.78 bits per heavy atom. The van der Waals surface area contributed by atoms with Gasteiger partial charge in [0.1, 0.15) is 11.6 Å². The molecule has 2 amide bonds. The summed E-state index contributed by atoms with van der Waals surface area (Å²) >= 11 is 6.00. The number of anilines is 2. The van der Waals surface area contributed by atoms with Gasteiger partial charge in [-0.15, -0.1) is 0 Å². The SMILES string of the molecule is O=C(Nc1ccc(C(=O)N2CCC(F)(F)[C@](O)(CO)c3cc(Cl)ccc32)cn1)c1cc(F)ccc1-c1ccccc1. The lowest BCUT2D eigenvalue weighted by molar-refractivity contribution is -0.205. The predicted molar refractivity (Wildman–Crippen MR) is 148 cm³/mol. The summed E-state index contributed by atoms with van der Waals surface area (Å²) in [5, 5.41) is 23.1. The highest BCUT2D eigenvalue weighted by Gasteiger charge is 2.56. The van der Waals surface area contributed by atoms with Gasteiger partial charge in [0.05, 0.1) is 23.4 Å². The van der Waals surface area contributed by atoms with Crippen LogP contribution in [0.3, 0.4) is 0 Å². The summed E-state index contributed by atoms with van der Waals surface area (Å²) in [5.74, 6) is -5.62. The first-order valence-electron chi connectivity index (χ1n) is 12.5. The van der Waals surface area contributed by atoms with Crippen LogP contribution < -0.4 is 10.2 Å². The molecule has 1 aliphatic rings. The van der Waals surface area contributed by atoms with Gasteiger partial charge in [0.15, 0.2) is 5.60 Å². The van der Waals surface area contributed by atoms with Crippen molar-refractivity contribution in [1.82, 2.24) is 4.98 Å². The molecular weight excluding hydrogens is 559 g/mol. The summed E-state index contributed by atoms with van der Waals surface area (Å²) in [6.07, 6.45) is 0.236. The number of carbonyl (C=O) groups excluding carboxylic acids is 2. The van der Waals surface area contributed by atoms with Crippen LogP contribution in [0, 0.1) is 5.82 Å². The lowest BCUT2D eigenvalue weighted by Gasteiger charge is -2.33. The number of nitrogens with zero attached hydrogens (tertiary/aromatic N) is 2. The maximum absolute atomic E-state index is 15.0. The molecule has 5 rings (SSSR count). The van der Waals surface area contributed by atoms with Crippen LogP contribution in [0.2, 0.25) is 5.02 Å². The minimum Gasteiger partial charge on any atom is -0.393 e. The van der Waals surface area contributed by atoms with Gasteiger partial charge in [-0.2, -0.15) is 0 Å². The van der Waals surface area contributed by atoms with E-state index in [-0.39, 0.29) is 33.2 Å². The van der Waals surface area contributed by atoms with E-state index in [0.717, 1.165) is 17.0 Å². The number of hydrogen-bond donors (Lipinski definition) is 3. The van der Waals surface area contributed by atoms with Gasteiger partial charge in [-0.05, 0) is 53.6 Å². The van der Waals surface area contributed by atoms with Gasteiger partial charge < -0.3 is 20.4 Å². The van der Waals surface area contributed by atoms with Crippen LogP contribution in [0.4, 0.5) is 24.7 Å². The molecule has 1 aromatic heterocycles. The summed E-state index contributed by atoms with van der Waals surface area (Å²) < 4.78 is 44.0. The van der Waals surface area contributed by atoms with E-state index >= 15 is 0 Å². The molecule has 2 heterocycles. The molecule has 4 aromatic rings. The number of pyridine rings is 1. The van der Waals surface area contributed by atoms with Crippen molar-refractivity contribution in [1.29, 1.82) is 0 Å². The zero-order chi connectivity index (χ0) is 29.4. The van der Waals surface area contributed by atoms with E-state index in [4.69, 9.17) is 11.6 Å². The molecule has 3 aromatic carbocycles. The highest BCUT2D eigenvalue weighted by Crippen LogP contribution is 2.47. The Morgan fingerprint density at radius 1 is 1.02 bits per heavy atom. The number of amides is 2. The normalized spacial score (nSPS) is 17.9. The predicted octanol–water partition coefficient (Wildman–Crippen LogP) is 5.66. The molecule has 1 aliphatic heterocycles. The zero-order valence-corrected chi connectivity index (χ0v) is 22.1. The van der Waals surface area contributed by atoms with E-state index in [1.807, 2.05) is 6.07 Å². The van der Waals surface area contributed by atoms with E-state index in [1.165, 1.54) is 42.6 Å². The van der Waals surface area contributed by atoms with Gasteiger partial charge in [0.2, 0.25) is 0 Å². The summed E-state index contributed by atoms with van der Waals surface area (Å²) in [6.45, 7) is -1.76. The van der Waals surface area contributed by atoms with Crippen LogP contribution in [0.5, 0.6) is 0 Å². The average molecular weight is 582 g/mol. The van der Waals surface area contributed by atoms with Crippen LogP contribution in [-0.4, -0.2) is 46.1 Å². The smallest absolute Gasteiger partial charge is 0.284 e. The molecule has 1 atom stereocenters. The number of alkyl halides is 2. The fourth-order valence-corrected chi connectivity index (χ4v) is 4.94. The summed E-state index contributed by atoms with van der Waals surface area (Å²) in [6, 6.07) is 19.4. The van der Waals surface area contributed by atoms with Crippen molar-refractivity contribution in [3.8, 4) is 11.1 Å². The van der Waals surface area contributed by atoms with Crippen molar-refractivity contribution in [2.75, 3.05) is 23.4 Å². The molecule has 0 aliphatic carbocycles. The molecule has 0 saturated carbocycles. The Hall–Kier alpha value is -4.25. The molecule has 0 saturated heterocycles. The molecule has 210 valence electrons. The minimum atomic E-state index is -3.77. The van der Waals surface area contributed by atoms with E-state index < -0.39 is 48.7 Å². The molecule has 3 N–H and O–H groups in total. The van der Waals surface area contributed by atoms with E-state index in [2.05, 4.69) is 10.3 Å². The summed E-state index contributed by atoms with van der Waals surface area (Å²) in [4.78, 5) is 31.7. The molecule has 0 spiro atoms. The molecule has 0 bridgehead atoms. The first kappa shape index (κ1) is 28.3. The number of aliphatic hydroxyl groups is 2. The Kier molecular flexibility index (Phi) is 7.56. The third-order valence-electron chi connectivity index (χ3n) is 6.99. The van der Waals surface area contributed by atoms with Crippen LogP contribution in [0.1, 0.15) is 32.7 Å². The first-order chi connectivity index (χ1) is 19.5. The zero-order valence-electron chi connectivity index (χ0n) is 21.3. The lowest BCUT2D eigenvalue weighted by atomic mass is 9.86. The van der Waals surface area contributed by atoms with Crippen molar-refractivity contribution in [3.05, 3.63) is 113 Å². The van der Waals surface area contributed by atoms with Crippen molar-refractivity contribution in [2.24, 2.45) is 0 Å². The van der Waals surface area contributed by atoms with E-state index in [0.29, 0.717) is 11.1 Å². The number of hydrogen-bond acceptors (Lipinski definition) is 5. The number of aromatic nitrogens is 1. The Bertz CT molecular complexity index is 1620. The Labute approximate surface area is 237 Å².